The van der Waals surface area contributed by atoms with Crippen LogP contribution in [0.4, 0.5) is 24.5 Å². The minimum atomic E-state index is -4.43. The van der Waals surface area contributed by atoms with Gasteiger partial charge in [-0.25, -0.2) is 4.79 Å². The third-order valence-electron chi connectivity index (χ3n) is 5.41. The van der Waals surface area contributed by atoms with Crippen molar-refractivity contribution in [1.82, 2.24) is 0 Å². The predicted octanol–water partition coefficient (Wildman–Crippen LogP) is 6.86. The molecule has 0 spiro atoms. The molecule has 0 unspecified atom stereocenters. The van der Waals surface area contributed by atoms with Gasteiger partial charge in [0.15, 0.2) is 0 Å². The number of carbonyl (C=O) groups is 1. The van der Waals surface area contributed by atoms with Gasteiger partial charge in [0.05, 0.1) is 22.5 Å². The summed E-state index contributed by atoms with van der Waals surface area (Å²) in [5, 5.41) is 9.34. The average Bonchev–Trinajstić information content (AvgIpc) is 2.76. The maximum absolute atomic E-state index is 13.3. The Morgan fingerprint density at radius 2 is 1.87 bits per heavy atom. The van der Waals surface area contributed by atoms with Crippen LogP contribution >= 0.6 is 11.9 Å². The SMILES string of the molecule is CCCCc1ccc(C(=O)O)cc1SNc1cc(C(F)(F)F)ccc1N1CCCCC1. The van der Waals surface area contributed by atoms with Crippen LogP contribution < -0.4 is 9.62 Å². The summed E-state index contributed by atoms with van der Waals surface area (Å²) in [5.74, 6) is -1.03. The van der Waals surface area contributed by atoms with Crippen molar-refractivity contribution in [3.05, 3.63) is 53.1 Å². The van der Waals surface area contributed by atoms with Gasteiger partial charge in [-0.05, 0) is 79.9 Å². The summed E-state index contributed by atoms with van der Waals surface area (Å²) < 4.78 is 43.1. The Bertz CT molecular complexity index is 912. The molecule has 2 aromatic carbocycles. The number of carboxylic acids is 1. The molecule has 1 saturated heterocycles. The van der Waals surface area contributed by atoms with E-state index in [9.17, 15) is 23.1 Å². The monoisotopic (exact) mass is 452 g/mol. The second-order valence-electron chi connectivity index (χ2n) is 7.71. The standard InChI is InChI=1S/C23H27F3N2O2S/c1-2-3-7-16-8-9-17(22(29)30)14-21(16)31-27-19-15-18(23(24,25)26)10-11-20(19)28-12-5-4-6-13-28/h8-11,14-15,27H,2-7,12-13H2,1H3,(H,29,30). The van der Waals surface area contributed by atoms with Crippen LogP contribution in [-0.2, 0) is 12.6 Å². The molecule has 0 amide bonds. The molecule has 2 aromatic rings. The van der Waals surface area contributed by atoms with Gasteiger partial charge in [-0.1, -0.05) is 19.4 Å². The lowest BCUT2D eigenvalue weighted by Gasteiger charge is -2.31. The number of hydrogen-bond acceptors (Lipinski definition) is 4. The Hall–Kier alpha value is -2.35. The molecule has 1 heterocycles. The number of halogens is 3. The van der Waals surface area contributed by atoms with E-state index in [-0.39, 0.29) is 5.56 Å². The maximum Gasteiger partial charge on any atom is 0.416 e. The highest BCUT2D eigenvalue weighted by atomic mass is 32.2. The van der Waals surface area contributed by atoms with E-state index < -0.39 is 17.7 Å². The third kappa shape index (κ3) is 6.09. The van der Waals surface area contributed by atoms with Crippen molar-refractivity contribution >= 4 is 29.3 Å². The Balaban J connectivity index is 1.91. The number of hydrogen-bond donors (Lipinski definition) is 2. The van der Waals surface area contributed by atoms with Crippen molar-refractivity contribution < 1.29 is 23.1 Å². The van der Waals surface area contributed by atoms with Crippen molar-refractivity contribution in [3.63, 3.8) is 0 Å². The fourth-order valence-electron chi connectivity index (χ4n) is 3.67. The molecule has 4 nitrogen and oxygen atoms in total. The van der Waals surface area contributed by atoms with E-state index in [2.05, 4.69) is 16.5 Å². The summed E-state index contributed by atoms with van der Waals surface area (Å²) in [4.78, 5) is 14.2. The van der Waals surface area contributed by atoms with Gasteiger partial charge in [-0.2, -0.15) is 13.2 Å². The number of alkyl halides is 3. The second-order valence-corrected chi connectivity index (χ2v) is 8.56. The number of anilines is 2. The highest BCUT2D eigenvalue weighted by molar-refractivity contribution is 8.00. The highest BCUT2D eigenvalue weighted by Gasteiger charge is 2.31. The zero-order valence-electron chi connectivity index (χ0n) is 17.5. The number of nitrogens with zero attached hydrogens (tertiary/aromatic N) is 1. The number of nitrogens with one attached hydrogen (secondary N) is 1. The zero-order chi connectivity index (χ0) is 22.4. The Labute approximate surface area is 185 Å². The molecule has 8 heteroatoms. The lowest BCUT2D eigenvalue weighted by atomic mass is 10.1. The average molecular weight is 453 g/mol. The molecular formula is C23H27F3N2O2S. The Kier molecular flexibility index (Phi) is 7.75. The number of aromatic carboxylic acids is 1. The van der Waals surface area contributed by atoms with E-state index in [1.807, 2.05) is 0 Å². The molecule has 168 valence electrons. The van der Waals surface area contributed by atoms with Crippen LogP contribution in [0.3, 0.4) is 0 Å². The second kappa shape index (κ2) is 10.3. The van der Waals surface area contributed by atoms with Crippen LogP contribution in [0.5, 0.6) is 0 Å². The van der Waals surface area contributed by atoms with Crippen molar-refractivity contribution in [2.45, 2.75) is 56.5 Å². The highest BCUT2D eigenvalue weighted by Crippen LogP contribution is 2.38. The van der Waals surface area contributed by atoms with E-state index in [4.69, 9.17) is 0 Å². The van der Waals surface area contributed by atoms with E-state index in [1.165, 1.54) is 18.0 Å². The Morgan fingerprint density at radius 1 is 1.13 bits per heavy atom. The molecule has 0 saturated carbocycles. The first-order valence-corrected chi connectivity index (χ1v) is 11.4. The molecule has 0 aliphatic carbocycles. The summed E-state index contributed by atoms with van der Waals surface area (Å²) >= 11 is 1.17. The number of rotatable bonds is 8. The van der Waals surface area contributed by atoms with Gasteiger partial charge in [-0.3, -0.25) is 0 Å². The third-order valence-corrected chi connectivity index (χ3v) is 6.33. The molecule has 2 N–H and O–H groups in total. The minimum Gasteiger partial charge on any atom is -0.478 e. The molecule has 0 bridgehead atoms. The number of aryl methyl sites for hydroxylation is 1. The zero-order valence-corrected chi connectivity index (χ0v) is 18.3. The summed E-state index contributed by atoms with van der Waals surface area (Å²) in [6.45, 7) is 3.69. The number of benzene rings is 2. The predicted molar refractivity (Wildman–Crippen MR) is 119 cm³/mol. The van der Waals surface area contributed by atoms with Gasteiger partial charge in [-0.15, -0.1) is 0 Å². The van der Waals surface area contributed by atoms with Gasteiger partial charge in [0.25, 0.3) is 0 Å². The molecule has 3 rings (SSSR count). The lowest BCUT2D eigenvalue weighted by Crippen LogP contribution is -2.30. The lowest BCUT2D eigenvalue weighted by molar-refractivity contribution is -0.137. The van der Waals surface area contributed by atoms with E-state index in [0.29, 0.717) is 5.69 Å². The summed E-state index contributed by atoms with van der Waals surface area (Å²) in [6.07, 6.45) is 1.43. The van der Waals surface area contributed by atoms with Crippen molar-refractivity contribution in [2.24, 2.45) is 0 Å². The summed E-state index contributed by atoms with van der Waals surface area (Å²) in [6, 6.07) is 8.74. The number of carboxylic acid groups (broad SMARTS) is 1. The fourth-order valence-corrected chi connectivity index (χ4v) is 4.54. The van der Waals surface area contributed by atoms with E-state index >= 15 is 0 Å². The van der Waals surface area contributed by atoms with Crippen LogP contribution in [-0.4, -0.2) is 24.2 Å². The first kappa shape index (κ1) is 23.3. The van der Waals surface area contributed by atoms with Gasteiger partial charge in [0.2, 0.25) is 0 Å². The van der Waals surface area contributed by atoms with E-state index in [0.717, 1.165) is 79.9 Å². The number of piperidine rings is 1. The molecule has 0 radical (unpaired) electrons. The van der Waals surface area contributed by atoms with Crippen LogP contribution in [0.15, 0.2) is 41.3 Å². The molecule has 31 heavy (non-hydrogen) atoms. The van der Waals surface area contributed by atoms with Crippen LogP contribution in [0, 0.1) is 0 Å². The normalized spacial score (nSPS) is 14.5. The molecule has 0 aromatic heterocycles. The largest absolute Gasteiger partial charge is 0.478 e. The summed E-state index contributed by atoms with van der Waals surface area (Å²) in [5.41, 5.74) is 1.57. The van der Waals surface area contributed by atoms with Gasteiger partial charge >= 0.3 is 12.1 Å². The summed E-state index contributed by atoms with van der Waals surface area (Å²) in [7, 11) is 0. The molecular weight excluding hydrogens is 425 g/mol. The van der Waals surface area contributed by atoms with Gasteiger partial charge in [0.1, 0.15) is 0 Å². The number of unbranched alkanes of at least 4 members (excludes halogenated alkanes) is 1. The molecule has 1 aliphatic rings. The van der Waals surface area contributed by atoms with E-state index in [1.54, 1.807) is 18.2 Å². The smallest absolute Gasteiger partial charge is 0.416 e. The molecule has 0 atom stereocenters. The van der Waals surface area contributed by atoms with Crippen molar-refractivity contribution in [1.29, 1.82) is 0 Å². The van der Waals surface area contributed by atoms with Crippen molar-refractivity contribution in [2.75, 3.05) is 22.7 Å². The maximum atomic E-state index is 13.3. The van der Waals surface area contributed by atoms with Crippen molar-refractivity contribution in [3.8, 4) is 0 Å². The van der Waals surface area contributed by atoms with Gasteiger partial charge < -0.3 is 14.7 Å². The Morgan fingerprint density at radius 3 is 2.52 bits per heavy atom. The first-order valence-electron chi connectivity index (χ1n) is 10.5. The van der Waals surface area contributed by atoms with Gasteiger partial charge in [0, 0.05) is 18.0 Å². The fraction of sp³-hybridized carbons (Fsp3) is 0.435. The van der Waals surface area contributed by atoms with Crippen LogP contribution in [0.25, 0.3) is 0 Å². The molecule has 1 fully saturated rings. The van der Waals surface area contributed by atoms with Crippen LogP contribution in [0.2, 0.25) is 0 Å². The first-order chi connectivity index (χ1) is 14.8. The topological polar surface area (TPSA) is 52.6 Å². The quantitative estimate of drug-likeness (QED) is 0.429. The molecule has 1 aliphatic heterocycles. The minimum absolute atomic E-state index is 0.157. The van der Waals surface area contributed by atoms with Crippen LogP contribution in [0.1, 0.15) is 60.5 Å².